The molecule has 1 unspecified atom stereocenters. The molecule has 1 atom stereocenters. The van der Waals surface area contributed by atoms with Crippen LogP contribution < -0.4 is 5.32 Å². The van der Waals surface area contributed by atoms with Gasteiger partial charge < -0.3 is 9.64 Å². The van der Waals surface area contributed by atoms with Gasteiger partial charge in [0.05, 0.1) is 18.2 Å². The van der Waals surface area contributed by atoms with Crippen molar-refractivity contribution in [1.82, 2.24) is 10.2 Å². The van der Waals surface area contributed by atoms with E-state index in [1.807, 2.05) is 0 Å². The minimum atomic E-state index is 0.362. The number of nitrogens with one attached hydrogen (secondary N) is 1. The highest BCUT2D eigenvalue weighted by Crippen LogP contribution is 2.10. The number of thiocarbonyl (C=S) groups is 1. The predicted octanol–water partition coefficient (Wildman–Crippen LogP) is -0.425. The van der Waals surface area contributed by atoms with Crippen molar-refractivity contribution in [3.05, 3.63) is 0 Å². The molecule has 4 heteroatoms. The van der Waals surface area contributed by atoms with E-state index >= 15 is 0 Å². The summed E-state index contributed by atoms with van der Waals surface area (Å²) in [6, 6.07) is 0. The number of nitrogens with zero attached hydrogens (tertiary/aromatic N) is 1. The van der Waals surface area contributed by atoms with Crippen LogP contribution in [0.5, 0.6) is 0 Å². The molecule has 0 aromatic rings. The average Bonchev–Trinajstić information content (AvgIpc) is 2.34. The molecule has 2 heterocycles. The summed E-state index contributed by atoms with van der Waals surface area (Å²) in [7, 11) is 0. The van der Waals surface area contributed by atoms with Gasteiger partial charge in [0.25, 0.3) is 0 Å². The van der Waals surface area contributed by atoms with Crippen molar-refractivity contribution in [1.29, 1.82) is 0 Å². The van der Waals surface area contributed by atoms with E-state index in [0.29, 0.717) is 6.17 Å². The molecule has 0 bridgehead atoms. The van der Waals surface area contributed by atoms with Crippen LogP contribution in [0.15, 0.2) is 0 Å². The molecule has 0 spiro atoms. The molecule has 0 saturated carbocycles. The number of morpholine rings is 1. The maximum atomic E-state index is 5.27. The molecule has 56 valence electrons. The van der Waals surface area contributed by atoms with Gasteiger partial charge in [-0.2, -0.15) is 0 Å². The normalized spacial score (nSPS) is 32.6. The van der Waals surface area contributed by atoms with Crippen LogP contribution in [0.4, 0.5) is 0 Å². The Kier molecular flexibility index (Phi) is 1.60. The molecular formula is C6H10N2OS. The average molecular weight is 158 g/mol. The van der Waals surface area contributed by atoms with Crippen molar-refractivity contribution in [2.75, 3.05) is 26.3 Å². The third kappa shape index (κ3) is 0.923. The first kappa shape index (κ1) is 6.52. The van der Waals surface area contributed by atoms with Crippen LogP contribution in [0.2, 0.25) is 0 Å². The highest BCUT2D eigenvalue weighted by Gasteiger charge is 2.29. The van der Waals surface area contributed by atoms with Gasteiger partial charge in [0.15, 0.2) is 0 Å². The lowest BCUT2D eigenvalue weighted by molar-refractivity contribution is 0.0272. The third-order valence-electron chi connectivity index (χ3n) is 1.94. The summed E-state index contributed by atoms with van der Waals surface area (Å²) in [6.45, 7) is 3.40. The van der Waals surface area contributed by atoms with Gasteiger partial charge in [-0.25, -0.2) is 0 Å². The van der Waals surface area contributed by atoms with Crippen LogP contribution in [0.25, 0.3) is 0 Å². The Morgan fingerprint density at radius 1 is 1.70 bits per heavy atom. The first-order valence-corrected chi connectivity index (χ1v) is 3.89. The van der Waals surface area contributed by atoms with Crippen molar-refractivity contribution in [2.45, 2.75) is 6.17 Å². The third-order valence-corrected chi connectivity index (χ3v) is 2.32. The Morgan fingerprint density at radius 2 is 2.60 bits per heavy atom. The van der Waals surface area contributed by atoms with E-state index in [2.05, 4.69) is 10.2 Å². The topological polar surface area (TPSA) is 24.5 Å². The minimum absolute atomic E-state index is 0.362. The second kappa shape index (κ2) is 2.45. The lowest BCUT2D eigenvalue weighted by Gasteiger charge is -2.30. The van der Waals surface area contributed by atoms with Crippen molar-refractivity contribution < 1.29 is 4.74 Å². The zero-order valence-electron chi connectivity index (χ0n) is 5.67. The summed E-state index contributed by atoms with van der Waals surface area (Å²) in [4.78, 5) is 3.24. The Labute approximate surface area is 65.3 Å². The fraction of sp³-hybridized carbons (Fsp3) is 0.833. The highest BCUT2D eigenvalue weighted by molar-refractivity contribution is 7.80. The molecule has 2 saturated heterocycles. The Hall–Kier alpha value is -0.190. The second-order valence-corrected chi connectivity index (χ2v) is 3.03. The largest absolute Gasteiger partial charge is 0.376 e. The quantitative estimate of drug-likeness (QED) is 0.484. The smallest absolute Gasteiger partial charge is 0.104 e. The Bertz CT molecular complexity index is 162. The van der Waals surface area contributed by atoms with Gasteiger partial charge in [0.1, 0.15) is 6.17 Å². The predicted molar refractivity (Wildman–Crippen MR) is 41.9 cm³/mol. The lowest BCUT2D eigenvalue weighted by atomic mass is 10.4. The summed E-state index contributed by atoms with van der Waals surface area (Å²) in [5, 5.41) is 3.27. The molecule has 0 amide bonds. The van der Waals surface area contributed by atoms with Gasteiger partial charge in [0, 0.05) is 13.1 Å². The number of rotatable bonds is 0. The minimum Gasteiger partial charge on any atom is -0.376 e. The lowest BCUT2D eigenvalue weighted by Crippen LogP contribution is -2.46. The molecule has 2 rings (SSSR count). The highest BCUT2D eigenvalue weighted by atomic mass is 32.1. The molecule has 10 heavy (non-hydrogen) atoms. The summed E-state index contributed by atoms with van der Waals surface area (Å²) < 4.78 is 5.27. The first-order valence-electron chi connectivity index (χ1n) is 3.48. The number of fused-ring (bicyclic) bond motifs is 1. The van der Waals surface area contributed by atoms with Gasteiger partial charge >= 0.3 is 0 Å². The van der Waals surface area contributed by atoms with E-state index in [1.54, 1.807) is 0 Å². The van der Waals surface area contributed by atoms with Gasteiger partial charge in [-0.3, -0.25) is 5.32 Å². The monoisotopic (exact) mass is 158 g/mol. The Balaban J connectivity index is 2.08. The van der Waals surface area contributed by atoms with Crippen LogP contribution in [-0.4, -0.2) is 42.4 Å². The van der Waals surface area contributed by atoms with Crippen molar-refractivity contribution in [3.8, 4) is 0 Å². The van der Waals surface area contributed by atoms with Crippen molar-refractivity contribution >= 4 is 17.2 Å². The van der Waals surface area contributed by atoms with Gasteiger partial charge in [0.2, 0.25) is 0 Å². The summed E-state index contributed by atoms with van der Waals surface area (Å²) in [5.74, 6) is 0. The SMILES string of the molecule is S=C1CNC2COCCN12. The van der Waals surface area contributed by atoms with Crippen molar-refractivity contribution in [3.63, 3.8) is 0 Å². The standard InChI is InChI=1S/C6H10N2OS/c10-6-3-7-5-4-9-2-1-8(5)6/h5,7H,1-4H2. The van der Waals surface area contributed by atoms with E-state index in [-0.39, 0.29) is 0 Å². The van der Waals surface area contributed by atoms with Crippen LogP contribution in [0.3, 0.4) is 0 Å². The Morgan fingerprint density at radius 3 is 3.40 bits per heavy atom. The fourth-order valence-corrected chi connectivity index (χ4v) is 1.68. The summed E-state index contributed by atoms with van der Waals surface area (Å²) >= 11 is 5.12. The van der Waals surface area contributed by atoms with Gasteiger partial charge in [-0.15, -0.1) is 0 Å². The van der Waals surface area contributed by atoms with E-state index in [0.717, 1.165) is 31.3 Å². The number of ether oxygens (including phenoxy) is 1. The van der Waals surface area contributed by atoms with Crippen LogP contribution in [0, 0.1) is 0 Å². The number of hydrogen-bond acceptors (Lipinski definition) is 3. The second-order valence-electron chi connectivity index (χ2n) is 2.56. The van der Waals surface area contributed by atoms with Crippen LogP contribution in [-0.2, 0) is 4.74 Å². The van der Waals surface area contributed by atoms with E-state index in [4.69, 9.17) is 17.0 Å². The van der Waals surface area contributed by atoms with Crippen LogP contribution >= 0.6 is 12.2 Å². The molecule has 0 radical (unpaired) electrons. The molecule has 2 fully saturated rings. The van der Waals surface area contributed by atoms with Gasteiger partial charge in [-0.1, -0.05) is 12.2 Å². The molecule has 1 N–H and O–H groups in total. The molecule has 3 nitrogen and oxygen atoms in total. The first-order chi connectivity index (χ1) is 4.88. The van der Waals surface area contributed by atoms with E-state index in [9.17, 15) is 0 Å². The molecule has 0 aromatic heterocycles. The molecule has 0 aliphatic carbocycles. The molecule has 0 aromatic carbocycles. The van der Waals surface area contributed by atoms with Gasteiger partial charge in [-0.05, 0) is 0 Å². The van der Waals surface area contributed by atoms with Crippen molar-refractivity contribution in [2.24, 2.45) is 0 Å². The molecular weight excluding hydrogens is 148 g/mol. The zero-order valence-corrected chi connectivity index (χ0v) is 6.49. The summed E-state index contributed by atoms with van der Waals surface area (Å²) in [6.07, 6.45) is 0.362. The van der Waals surface area contributed by atoms with Crippen LogP contribution in [0.1, 0.15) is 0 Å². The number of hydrogen-bond donors (Lipinski definition) is 1. The van der Waals surface area contributed by atoms with E-state index < -0.39 is 0 Å². The zero-order chi connectivity index (χ0) is 6.97. The maximum absolute atomic E-state index is 5.27. The fourth-order valence-electron chi connectivity index (χ4n) is 1.38. The molecule has 2 aliphatic heterocycles. The van der Waals surface area contributed by atoms with E-state index in [1.165, 1.54) is 0 Å². The molecule has 2 aliphatic rings. The maximum Gasteiger partial charge on any atom is 0.104 e. The summed E-state index contributed by atoms with van der Waals surface area (Å²) in [5.41, 5.74) is 0.